The highest BCUT2D eigenvalue weighted by Crippen LogP contribution is 2.25. The molecular formula is C15H21NO4. The monoisotopic (exact) mass is 279 g/mol. The summed E-state index contributed by atoms with van der Waals surface area (Å²) >= 11 is 0. The summed E-state index contributed by atoms with van der Waals surface area (Å²) in [4.78, 5) is 23.2. The lowest BCUT2D eigenvalue weighted by molar-refractivity contribution is -0.149. The first-order chi connectivity index (χ1) is 9.43. The number of carboxylic acid groups (broad SMARTS) is 1. The normalized spacial score (nSPS) is 11.1. The molecule has 0 aliphatic heterocycles. The maximum absolute atomic E-state index is 11.8. The fourth-order valence-corrected chi connectivity index (χ4v) is 2.06. The van der Waals surface area contributed by atoms with Crippen molar-refractivity contribution in [3.63, 3.8) is 0 Å². The van der Waals surface area contributed by atoms with Crippen LogP contribution in [-0.4, -0.2) is 28.6 Å². The third-order valence-corrected chi connectivity index (χ3v) is 3.71. The van der Waals surface area contributed by atoms with Gasteiger partial charge in [0.15, 0.2) is 0 Å². The van der Waals surface area contributed by atoms with E-state index in [1.54, 1.807) is 26.0 Å². The van der Waals surface area contributed by atoms with Crippen LogP contribution in [0.15, 0.2) is 24.3 Å². The van der Waals surface area contributed by atoms with Crippen LogP contribution in [0.25, 0.3) is 0 Å². The first kappa shape index (κ1) is 16.0. The molecule has 1 aromatic carbocycles. The lowest BCUT2D eigenvalue weighted by Crippen LogP contribution is -2.42. The topological polar surface area (TPSA) is 86.6 Å². The van der Waals surface area contributed by atoms with Gasteiger partial charge in [0.1, 0.15) is 5.75 Å². The van der Waals surface area contributed by atoms with Crippen LogP contribution in [0.2, 0.25) is 0 Å². The Hall–Kier alpha value is -2.04. The molecule has 0 saturated heterocycles. The van der Waals surface area contributed by atoms with Gasteiger partial charge < -0.3 is 15.5 Å². The molecule has 1 aromatic rings. The molecular weight excluding hydrogens is 258 g/mol. The van der Waals surface area contributed by atoms with Gasteiger partial charge in [-0.1, -0.05) is 26.0 Å². The van der Waals surface area contributed by atoms with E-state index in [0.717, 1.165) is 0 Å². The molecule has 0 atom stereocenters. The number of carbonyl (C=O) groups excluding carboxylic acids is 1. The highest BCUT2D eigenvalue weighted by molar-refractivity contribution is 5.80. The SMILES string of the molecule is CCC(CC)(CNC(=O)Cc1cccc(O)c1)C(=O)O. The minimum Gasteiger partial charge on any atom is -0.508 e. The van der Waals surface area contributed by atoms with Gasteiger partial charge in [0, 0.05) is 6.54 Å². The van der Waals surface area contributed by atoms with Crippen molar-refractivity contribution in [1.29, 1.82) is 0 Å². The molecule has 0 aliphatic rings. The van der Waals surface area contributed by atoms with Gasteiger partial charge in [0.05, 0.1) is 11.8 Å². The van der Waals surface area contributed by atoms with Gasteiger partial charge >= 0.3 is 5.97 Å². The number of nitrogens with one attached hydrogen (secondary N) is 1. The quantitative estimate of drug-likeness (QED) is 0.712. The molecule has 0 radical (unpaired) electrons. The van der Waals surface area contributed by atoms with Crippen molar-refractivity contribution in [3.05, 3.63) is 29.8 Å². The van der Waals surface area contributed by atoms with Crippen LogP contribution in [0.4, 0.5) is 0 Å². The van der Waals surface area contributed by atoms with Crippen LogP contribution in [0.5, 0.6) is 5.75 Å². The zero-order chi connectivity index (χ0) is 15.2. The largest absolute Gasteiger partial charge is 0.508 e. The van der Waals surface area contributed by atoms with Gasteiger partial charge in [-0.15, -0.1) is 0 Å². The van der Waals surface area contributed by atoms with E-state index in [1.807, 2.05) is 0 Å². The van der Waals surface area contributed by atoms with Crippen LogP contribution >= 0.6 is 0 Å². The van der Waals surface area contributed by atoms with Gasteiger partial charge in [-0.2, -0.15) is 0 Å². The molecule has 0 fully saturated rings. The lowest BCUT2D eigenvalue weighted by atomic mass is 9.82. The van der Waals surface area contributed by atoms with Crippen molar-refractivity contribution in [2.45, 2.75) is 33.1 Å². The predicted molar refractivity (Wildman–Crippen MR) is 75.5 cm³/mol. The molecule has 3 N–H and O–H groups in total. The standard InChI is InChI=1S/C15H21NO4/c1-3-15(4-2,14(19)20)10-16-13(18)9-11-6-5-7-12(17)8-11/h5-8,17H,3-4,9-10H2,1-2H3,(H,16,18)(H,19,20). The van der Waals surface area contributed by atoms with Crippen molar-refractivity contribution in [2.75, 3.05) is 6.54 Å². The van der Waals surface area contributed by atoms with Crippen molar-refractivity contribution in [2.24, 2.45) is 5.41 Å². The van der Waals surface area contributed by atoms with E-state index in [0.29, 0.717) is 18.4 Å². The second kappa shape index (κ2) is 6.93. The van der Waals surface area contributed by atoms with Gasteiger partial charge in [-0.25, -0.2) is 0 Å². The molecule has 0 bridgehead atoms. The number of amides is 1. The van der Waals surface area contributed by atoms with Gasteiger partial charge in [-0.3, -0.25) is 9.59 Å². The molecule has 0 spiro atoms. The summed E-state index contributed by atoms with van der Waals surface area (Å²) in [5.74, 6) is -1.03. The van der Waals surface area contributed by atoms with Gasteiger partial charge in [0.25, 0.3) is 0 Å². The molecule has 0 aromatic heterocycles. The average molecular weight is 279 g/mol. The Bertz CT molecular complexity index is 481. The minimum atomic E-state index is -0.908. The summed E-state index contributed by atoms with van der Waals surface area (Å²) in [6, 6.07) is 6.45. The van der Waals surface area contributed by atoms with Crippen molar-refractivity contribution >= 4 is 11.9 Å². The third-order valence-electron chi connectivity index (χ3n) is 3.71. The summed E-state index contributed by atoms with van der Waals surface area (Å²) in [5, 5.41) is 21.3. The highest BCUT2D eigenvalue weighted by Gasteiger charge is 2.35. The number of benzene rings is 1. The van der Waals surface area contributed by atoms with Crippen LogP contribution in [-0.2, 0) is 16.0 Å². The van der Waals surface area contributed by atoms with Crippen LogP contribution in [0.3, 0.4) is 0 Å². The zero-order valence-electron chi connectivity index (χ0n) is 11.8. The number of hydrogen-bond donors (Lipinski definition) is 3. The van der Waals surface area contributed by atoms with Gasteiger partial charge in [-0.05, 0) is 30.5 Å². The van der Waals surface area contributed by atoms with E-state index in [2.05, 4.69) is 5.32 Å². The Labute approximate surface area is 118 Å². The van der Waals surface area contributed by atoms with E-state index < -0.39 is 11.4 Å². The molecule has 0 saturated carbocycles. The highest BCUT2D eigenvalue weighted by atomic mass is 16.4. The first-order valence-corrected chi connectivity index (χ1v) is 6.71. The molecule has 0 unspecified atom stereocenters. The second-order valence-corrected chi connectivity index (χ2v) is 4.92. The Morgan fingerprint density at radius 2 is 1.90 bits per heavy atom. The molecule has 1 rings (SSSR count). The molecule has 5 heteroatoms. The third kappa shape index (κ3) is 3.98. The summed E-state index contributed by atoms with van der Waals surface area (Å²) < 4.78 is 0. The molecule has 5 nitrogen and oxygen atoms in total. The van der Waals surface area contributed by atoms with Crippen LogP contribution in [0, 0.1) is 5.41 Å². The molecule has 110 valence electrons. The lowest BCUT2D eigenvalue weighted by Gasteiger charge is -2.26. The average Bonchev–Trinajstić information content (AvgIpc) is 2.40. The maximum Gasteiger partial charge on any atom is 0.311 e. The zero-order valence-corrected chi connectivity index (χ0v) is 11.8. The summed E-state index contributed by atoms with van der Waals surface area (Å²) in [6.07, 6.45) is 1.05. The Morgan fingerprint density at radius 3 is 2.40 bits per heavy atom. The second-order valence-electron chi connectivity index (χ2n) is 4.92. The van der Waals surface area contributed by atoms with Crippen molar-refractivity contribution in [3.8, 4) is 5.75 Å². The van der Waals surface area contributed by atoms with Crippen LogP contribution in [0.1, 0.15) is 32.3 Å². The molecule has 0 heterocycles. The van der Waals surface area contributed by atoms with Crippen molar-refractivity contribution in [1.82, 2.24) is 5.32 Å². The predicted octanol–water partition coefficient (Wildman–Crippen LogP) is 1.94. The van der Waals surface area contributed by atoms with E-state index in [1.165, 1.54) is 12.1 Å². The number of phenolic OH excluding ortho intramolecular Hbond substituents is 1. The van der Waals surface area contributed by atoms with E-state index in [4.69, 9.17) is 0 Å². The Balaban J connectivity index is 2.61. The number of aromatic hydroxyl groups is 1. The van der Waals surface area contributed by atoms with Crippen LogP contribution < -0.4 is 5.32 Å². The molecule has 20 heavy (non-hydrogen) atoms. The minimum absolute atomic E-state index is 0.109. The Kier molecular flexibility index (Phi) is 5.55. The summed E-state index contributed by atoms with van der Waals surface area (Å²) in [7, 11) is 0. The fourth-order valence-electron chi connectivity index (χ4n) is 2.06. The number of phenols is 1. The smallest absolute Gasteiger partial charge is 0.311 e. The van der Waals surface area contributed by atoms with E-state index >= 15 is 0 Å². The summed E-state index contributed by atoms with van der Waals surface area (Å²) in [6.45, 7) is 3.73. The summed E-state index contributed by atoms with van der Waals surface area (Å²) in [5.41, 5.74) is -0.217. The van der Waals surface area contributed by atoms with E-state index in [9.17, 15) is 19.8 Å². The number of hydrogen-bond acceptors (Lipinski definition) is 3. The maximum atomic E-state index is 11.8. The number of carbonyl (C=O) groups is 2. The molecule has 1 amide bonds. The Morgan fingerprint density at radius 1 is 1.25 bits per heavy atom. The molecule has 0 aliphatic carbocycles. The fraction of sp³-hybridized carbons (Fsp3) is 0.467. The number of aliphatic carboxylic acids is 1. The first-order valence-electron chi connectivity index (χ1n) is 6.71. The number of rotatable bonds is 7. The van der Waals surface area contributed by atoms with Crippen molar-refractivity contribution < 1.29 is 19.8 Å². The number of carboxylic acids is 1. The van der Waals surface area contributed by atoms with E-state index in [-0.39, 0.29) is 24.6 Å². The van der Waals surface area contributed by atoms with Gasteiger partial charge in [0.2, 0.25) is 5.91 Å².